The molecular weight excluding hydrogens is 198 g/mol. The molecule has 84 valence electrons. The van der Waals surface area contributed by atoms with Crippen LogP contribution in [0.3, 0.4) is 0 Å². The Labute approximate surface area is 95.0 Å². The van der Waals surface area contributed by atoms with Crippen molar-refractivity contribution in [2.75, 3.05) is 12.3 Å². The van der Waals surface area contributed by atoms with Gasteiger partial charge < -0.3 is 16.0 Å². The highest BCUT2D eigenvalue weighted by Crippen LogP contribution is 2.23. The number of nitrogens with one attached hydrogen (secondary N) is 2. The monoisotopic (exact) mass is 215 g/mol. The van der Waals surface area contributed by atoms with E-state index in [0.29, 0.717) is 6.04 Å². The van der Waals surface area contributed by atoms with E-state index in [4.69, 9.17) is 5.73 Å². The molecule has 3 nitrogen and oxygen atoms in total. The fourth-order valence-corrected chi connectivity index (χ4v) is 2.56. The molecule has 2 heterocycles. The maximum Gasteiger partial charge on any atom is 0.0458 e. The fraction of sp³-hybridized carbons (Fsp3) is 0.385. The van der Waals surface area contributed by atoms with Crippen molar-refractivity contribution >= 4 is 16.6 Å². The van der Waals surface area contributed by atoms with Crippen LogP contribution in [0.5, 0.6) is 0 Å². The molecule has 1 aliphatic heterocycles. The lowest BCUT2D eigenvalue weighted by Gasteiger charge is -2.08. The first-order valence-electron chi connectivity index (χ1n) is 5.92. The first-order valence-corrected chi connectivity index (χ1v) is 5.92. The van der Waals surface area contributed by atoms with Crippen LogP contribution in [0.25, 0.3) is 10.9 Å². The number of hydrogen-bond donors (Lipinski definition) is 3. The Morgan fingerprint density at radius 1 is 1.38 bits per heavy atom. The SMILES string of the molecule is Nc1ccc2[nH]cc(C[C@@H]3CCCN3)c2c1. The molecule has 1 aromatic carbocycles. The standard InChI is InChI=1S/C13H17N3/c14-10-3-4-13-12(7-10)9(8-16-13)6-11-2-1-5-15-11/h3-4,7-8,11,15-16H,1-2,5-6,14H2/t11-/m0/s1. The number of nitrogen functional groups attached to an aromatic ring is 1. The topological polar surface area (TPSA) is 53.8 Å². The van der Waals surface area contributed by atoms with Gasteiger partial charge in [-0.15, -0.1) is 0 Å². The summed E-state index contributed by atoms with van der Waals surface area (Å²) >= 11 is 0. The summed E-state index contributed by atoms with van der Waals surface area (Å²) in [5.41, 5.74) is 9.23. The van der Waals surface area contributed by atoms with Gasteiger partial charge in [0.2, 0.25) is 0 Å². The molecule has 3 heteroatoms. The van der Waals surface area contributed by atoms with E-state index in [1.807, 2.05) is 6.07 Å². The van der Waals surface area contributed by atoms with Crippen molar-refractivity contribution in [3.63, 3.8) is 0 Å². The lowest BCUT2D eigenvalue weighted by molar-refractivity contribution is 0.605. The Hall–Kier alpha value is -1.48. The van der Waals surface area contributed by atoms with E-state index in [2.05, 4.69) is 28.6 Å². The molecule has 0 saturated carbocycles. The number of nitrogens with two attached hydrogens (primary N) is 1. The first-order chi connectivity index (χ1) is 7.83. The van der Waals surface area contributed by atoms with E-state index in [1.165, 1.54) is 29.3 Å². The third kappa shape index (κ3) is 1.67. The third-order valence-corrected chi connectivity index (χ3v) is 3.42. The maximum absolute atomic E-state index is 5.83. The van der Waals surface area contributed by atoms with Gasteiger partial charge in [-0.1, -0.05) is 0 Å². The van der Waals surface area contributed by atoms with Crippen LogP contribution in [0.1, 0.15) is 18.4 Å². The molecule has 1 saturated heterocycles. The molecule has 1 aliphatic rings. The minimum atomic E-state index is 0.639. The highest BCUT2D eigenvalue weighted by molar-refractivity contribution is 5.86. The molecule has 1 fully saturated rings. The molecule has 0 unspecified atom stereocenters. The summed E-state index contributed by atoms with van der Waals surface area (Å²) in [6.45, 7) is 1.16. The van der Waals surface area contributed by atoms with Crippen LogP contribution in [0.4, 0.5) is 5.69 Å². The smallest absolute Gasteiger partial charge is 0.0458 e. The number of aromatic amines is 1. The molecule has 2 aromatic rings. The Morgan fingerprint density at radius 3 is 3.12 bits per heavy atom. The number of fused-ring (bicyclic) bond motifs is 1. The van der Waals surface area contributed by atoms with Crippen LogP contribution >= 0.6 is 0 Å². The van der Waals surface area contributed by atoms with Gasteiger partial charge in [-0.25, -0.2) is 0 Å². The van der Waals surface area contributed by atoms with E-state index in [0.717, 1.165) is 18.7 Å². The lowest BCUT2D eigenvalue weighted by atomic mass is 10.0. The Bertz CT molecular complexity index is 495. The zero-order valence-electron chi connectivity index (χ0n) is 9.29. The number of benzene rings is 1. The van der Waals surface area contributed by atoms with Gasteiger partial charge in [0, 0.05) is 28.8 Å². The summed E-state index contributed by atoms with van der Waals surface area (Å²) in [5, 5.41) is 4.80. The van der Waals surface area contributed by atoms with Crippen LogP contribution in [-0.2, 0) is 6.42 Å². The van der Waals surface area contributed by atoms with Crippen LogP contribution in [0, 0.1) is 0 Å². The van der Waals surface area contributed by atoms with Crippen molar-refractivity contribution in [1.82, 2.24) is 10.3 Å². The molecular formula is C13H17N3. The second-order valence-corrected chi connectivity index (χ2v) is 4.62. The van der Waals surface area contributed by atoms with Crippen LogP contribution in [-0.4, -0.2) is 17.6 Å². The first kappa shape index (κ1) is 9.73. The average molecular weight is 215 g/mol. The number of anilines is 1. The van der Waals surface area contributed by atoms with Crippen LogP contribution < -0.4 is 11.1 Å². The van der Waals surface area contributed by atoms with Crippen molar-refractivity contribution in [2.45, 2.75) is 25.3 Å². The Morgan fingerprint density at radius 2 is 2.31 bits per heavy atom. The van der Waals surface area contributed by atoms with Gasteiger partial charge in [-0.05, 0) is 49.6 Å². The molecule has 0 bridgehead atoms. The van der Waals surface area contributed by atoms with Crippen molar-refractivity contribution < 1.29 is 0 Å². The quantitative estimate of drug-likeness (QED) is 0.671. The molecule has 3 rings (SSSR count). The number of H-pyrrole nitrogens is 1. The van der Waals surface area contributed by atoms with E-state index < -0.39 is 0 Å². The van der Waals surface area contributed by atoms with Crippen molar-refractivity contribution in [3.05, 3.63) is 30.0 Å². The summed E-state index contributed by atoms with van der Waals surface area (Å²) in [7, 11) is 0. The number of rotatable bonds is 2. The van der Waals surface area contributed by atoms with Crippen molar-refractivity contribution in [1.29, 1.82) is 0 Å². The van der Waals surface area contributed by atoms with Crippen LogP contribution in [0.2, 0.25) is 0 Å². The highest BCUT2D eigenvalue weighted by Gasteiger charge is 2.16. The maximum atomic E-state index is 5.83. The van der Waals surface area contributed by atoms with Crippen LogP contribution in [0.15, 0.2) is 24.4 Å². The van der Waals surface area contributed by atoms with E-state index in [-0.39, 0.29) is 0 Å². The van der Waals surface area contributed by atoms with Gasteiger partial charge in [0.15, 0.2) is 0 Å². The lowest BCUT2D eigenvalue weighted by Crippen LogP contribution is -2.23. The molecule has 16 heavy (non-hydrogen) atoms. The second-order valence-electron chi connectivity index (χ2n) is 4.62. The van der Waals surface area contributed by atoms with Crippen molar-refractivity contribution in [2.24, 2.45) is 0 Å². The molecule has 1 atom stereocenters. The summed E-state index contributed by atoms with van der Waals surface area (Å²) < 4.78 is 0. The zero-order chi connectivity index (χ0) is 11.0. The van der Waals surface area contributed by atoms with Crippen molar-refractivity contribution in [3.8, 4) is 0 Å². The molecule has 1 aromatic heterocycles. The molecule has 4 N–H and O–H groups in total. The summed E-state index contributed by atoms with van der Waals surface area (Å²) in [6.07, 6.45) is 5.80. The predicted octanol–water partition coefficient (Wildman–Crippen LogP) is 2.04. The minimum Gasteiger partial charge on any atom is -0.399 e. The summed E-state index contributed by atoms with van der Waals surface area (Å²) in [6, 6.07) is 6.70. The van der Waals surface area contributed by atoms with Gasteiger partial charge >= 0.3 is 0 Å². The molecule has 0 radical (unpaired) electrons. The summed E-state index contributed by atoms with van der Waals surface area (Å²) in [5.74, 6) is 0. The number of aromatic nitrogens is 1. The van der Waals surface area contributed by atoms with E-state index in [1.54, 1.807) is 0 Å². The second kappa shape index (κ2) is 3.83. The predicted molar refractivity (Wildman–Crippen MR) is 67.4 cm³/mol. The average Bonchev–Trinajstić information content (AvgIpc) is 2.90. The fourth-order valence-electron chi connectivity index (χ4n) is 2.56. The Balaban J connectivity index is 1.93. The minimum absolute atomic E-state index is 0.639. The van der Waals surface area contributed by atoms with Gasteiger partial charge in [-0.3, -0.25) is 0 Å². The van der Waals surface area contributed by atoms with Gasteiger partial charge in [-0.2, -0.15) is 0 Å². The Kier molecular flexibility index (Phi) is 2.33. The molecule has 0 spiro atoms. The highest BCUT2D eigenvalue weighted by atomic mass is 14.9. The van der Waals surface area contributed by atoms with E-state index in [9.17, 15) is 0 Å². The summed E-state index contributed by atoms with van der Waals surface area (Å²) in [4.78, 5) is 3.31. The molecule has 0 amide bonds. The van der Waals surface area contributed by atoms with E-state index >= 15 is 0 Å². The largest absolute Gasteiger partial charge is 0.399 e. The van der Waals surface area contributed by atoms with Gasteiger partial charge in [0.25, 0.3) is 0 Å². The molecule has 0 aliphatic carbocycles. The zero-order valence-corrected chi connectivity index (χ0v) is 9.29. The van der Waals surface area contributed by atoms with Gasteiger partial charge in [0.1, 0.15) is 0 Å². The number of hydrogen-bond acceptors (Lipinski definition) is 2. The van der Waals surface area contributed by atoms with Gasteiger partial charge in [0.05, 0.1) is 0 Å². The third-order valence-electron chi connectivity index (χ3n) is 3.42. The normalized spacial score (nSPS) is 20.6.